The SMILES string of the molecule is CC(C)(C)OC(=O)N1CCC[C@@H]1COc1cncc(I)c1. The summed E-state index contributed by atoms with van der Waals surface area (Å²) in [5.41, 5.74) is -0.468. The predicted octanol–water partition coefficient (Wildman–Crippen LogP) is 3.46. The first-order chi connectivity index (χ1) is 9.85. The third kappa shape index (κ3) is 5.01. The molecule has 116 valence electrons. The molecule has 1 atom stereocenters. The Hall–Kier alpha value is -1.05. The minimum Gasteiger partial charge on any atom is -0.490 e. The number of hydrogen-bond acceptors (Lipinski definition) is 4. The zero-order valence-electron chi connectivity index (χ0n) is 12.6. The number of amides is 1. The fraction of sp³-hybridized carbons (Fsp3) is 0.600. The zero-order chi connectivity index (χ0) is 15.5. The molecule has 5 nitrogen and oxygen atoms in total. The van der Waals surface area contributed by atoms with E-state index in [0.29, 0.717) is 6.61 Å². The highest BCUT2D eigenvalue weighted by molar-refractivity contribution is 14.1. The molecule has 1 aromatic heterocycles. The Balaban J connectivity index is 1.91. The Bertz CT molecular complexity index is 502. The normalized spacial score (nSPS) is 18.7. The number of likely N-dealkylation sites (tertiary alicyclic amines) is 1. The fourth-order valence-corrected chi connectivity index (χ4v) is 2.70. The summed E-state index contributed by atoms with van der Waals surface area (Å²) in [6.07, 6.45) is 5.13. The van der Waals surface area contributed by atoms with Crippen molar-refractivity contribution in [2.24, 2.45) is 0 Å². The molecule has 2 heterocycles. The van der Waals surface area contributed by atoms with Gasteiger partial charge in [0.1, 0.15) is 18.0 Å². The van der Waals surface area contributed by atoms with Crippen molar-refractivity contribution in [3.63, 3.8) is 0 Å². The highest BCUT2D eigenvalue weighted by Crippen LogP contribution is 2.22. The van der Waals surface area contributed by atoms with Crippen LogP contribution in [-0.4, -0.2) is 40.8 Å². The first kappa shape index (κ1) is 16.3. The maximum Gasteiger partial charge on any atom is 0.410 e. The Morgan fingerprint density at radius 1 is 1.48 bits per heavy atom. The minimum atomic E-state index is -0.468. The van der Waals surface area contributed by atoms with E-state index >= 15 is 0 Å². The van der Waals surface area contributed by atoms with E-state index in [1.54, 1.807) is 17.3 Å². The van der Waals surface area contributed by atoms with Gasteiger partial charge in [-0.2, -0.15) is 0 Å². The van der Waals surface area contributed by atoms with E-state index in [1.165, 1.54) is 0 Å². The van der Waals surface area contributed by atoms with Crippen molar-refractivity contribution in [1.29, 1.82) is 0 Å². The number of aromatic nitrogens is 1. The molecule has 21 heavy (non-hydrogen) atoms. The lowest BCUT2D eigenvalue weighted by atomic mass is 10.2. The second-order valence-corrected chi connectivity index (χ2v) is 7.37. The lowest BCUT2D eigenvalue weighted by molar-refractivity contribution is 0.0187. The van der Waals surface area contributed by atoms with E-state index in [-0.39, 0.29) is 12.1 Å². The largest absolute Gasteiger partial charge is 0.490 e. The monoisotopic (exact) mass is 404 g/mol. The molecule has 2 rings (SSSR count). The van der Waals surface area contributed by atoms with Crippen molar-refractivity contribution in [3.8, 4) is 5.75 Å². The van der Waals surface area contributed by atoms with Crippen molar-refractivity contribution in [1.82, 2.24) is 9.88 Å². The van der Waals surface area contributed by atoms with Crippen LogP contribution in [0.2, 0.25) is 0 Å². The number of carbonyl (C=O) groups excluding carboxylic acids is 1. The molecule has 1 aliphatic heterocycles. The summed E-state index contributed by atoms with van der Waals surface area (Å²) in [7, 11) is 0. The van der Waals surface area contributed by atoms with E-state index in [4.69, 9.17) is 9.47 Å². The van der Waals surface area contributed by atoms with Crippen molar-refractivity contribution in [3.05, 3.63) is 22.0 Å². The molecular formula is C15H21IN2O3. The number of ether oxygens (including phenoxy) is 2. The van der Waals surface area contributed by atoms with Crippen LogP contribution in [0, 0.1) is 3.57 Å². The van der Waals surface area contributed by atoms with Gasteiger partial charge in [-0.1, -0.05) is 0 Å². The Morgan fingerprint density at radius 3 is 2.90 bits per heavy atom. The van der Waals surface area contributed by atoms with Crippen LogP contribution < -0.4 is 4.74 Å². The molecule has 0 bridgehead atoms. The summed E-state index contributed by atoms with van der Waals surface area (Å²) in [4.78, 5) is 18.0. The summed E-state index contributed by atoms with van der Waals surface area (Å²) in [6.45, 7) is 6.84. The molecule has 0 aliphatic carbocycles. The Morgan fingerprint density at radius 2 is 2.24 bits per heavy atom. The van der Waals surface area contributed by atoms with Gasteiger partial charge in [0.05, 0.1) is 12.2 Å². The van der Waals surface area contributed by atoms with Gasteiger partial charge in [0.15, 0.2) is 0 Å². The van der Waals surface area contributed by atoms with Gasteiger partial charge in [0, 0.05) is 16.3 Å². The molecule has 0 aromatic carbocycles. The number of halogens is 1. The summed E-state index contributed by atoms with van der Waals surface area (Å²) >= 11 is 2.20. The van der Waals surface area contributed by atoms with E-state index in [1.807, 2.05) is 26.8 Å². The highest BCUT2D eigenvalue weighted by Gasteiger charge is 2.32. The first-order valence-electron chi connectivity index (χ1n) is 7.08. The number of rotatable bonds is 3. The Labute approximate surface area is 139 Å². The van der Waals surface area contributed by atoms with Crippen LogP contribution in [0.3, 0.4) is 0 Å². The van der Waals surface area contributed by atoms with Gasteiger partial charge >= 0.3 is 6.09 Å². The second kappa shape index (κ2) is 6.81. The van der Waals surface area contributed by atoms with Gasteiger partial charge in [-0.05, 0) is 62.3 Å². The summed E-state index contributed by atoms with van der Waals surface area (Å²) in [5, 5.41) is 0. The highest BCUT2D eigenvalue weighted by atomic mass is 127. The second-order valence-electron chi connectivity index (χ2n) is 6.12. The molecule has 1 saturated heterocycles. The average molecular weight is 404 g/mol. The van der Waals surface area contributed by atoms with Crippen molar-refractivity contribution < 1.29 is 14.3 Å². The molecular weight excluding hydrogens is 383 g/mol. The minimum absolute atomic E-state index is 0.0673. The molecule has 0 N–H and O–H groups in total. The van der Waals surface area contributed by atoms with Gasteiger partial charge in [0.2, 0.25) is 0 Å². The quantitative estimate of drug-likeness (QED) is 0.725. The maximum atomic E-state index is 12.2. The van der Waals surface area contributed by atoms with Crippen LogP contribution in [-0.2, 0) is 4.74 Å². The fourth-order valence-electron chi connectivity index (χ4n) is 2.23. The zero-order valence-corrected chi connectivity index (χ0v) is 14.8. The van der Waals surface area contributed by atoms with Crippen LogP contribution in [0.5, 0.6) is 5.75 Å². The number of hydrogen-bond donors (Lipinski definition) is 0. The van der Waals surface area contributed by atoms with Crippen LogP contribution >= 0.6 is 22.6 Å². The molecule has 0 spiro atoms. The summed E-state index contributed by atoms with van der Waals surface area (Å²) in [6, 6.07) is 2.00. The van der Waals surface area contributed by atoms with Gasteiger partial charge < -0.3 is 14.4 Å². The number of nitrogens with zero attached hydrogens (tertiary/aromatic N) is 2. The van der Waals surface area contributed by atoms with Crippen LogP contribution in [0.15, 0.2) is 18.5 Å². The van der Waals surface area contributed by atoms with Gasteiger partial charge in [0.25, 0.3) is 0 Å². The topological polar surface area (TPSA) is 51.7 Å². The van der Waals surface area contributed by atoms with Crippen molar-refractivity contribution in [2.75, 3.05) is 13.2 Å². The summed E-state index contributed by atoms with van der Waals surface area (Å²) in [5.74, 6) is 0.734. The van der Waals surface area contributed by atoms with Gasteiger partial charge in [-0.25, -0.2) is 4.79 Å². The van der Waals surface area contributed by atoms with Crippen molar-refractivity contribution >= 4 is 28.7 Å². The molecule has 0 radical (unpaired) electrons. The Kier molecular flexibility index (Phi) is 5.29. The lowest BCUT2D eigenvalue weighted by Crippen LogP contribution is -2.42. The average Bonchev–Trinajstić information content (AvgIpc) is 2.83. The van der Waals surface area contributed by atoms with E-state index in [2.05, 4.69) is 27.6 Å². The number of pyridine rings is 1. The van der Waals surface area contributed by atoms with Crippen molar-refractivity contribution in [2.45, 2.75) is 45.3 Å². The molecule has 1 fully saturated rings. The molecule has 1 aliphatic rings. The molecule has 6 heteroatoms. The van der Waals surface area contributed by atoms with Crippen LogP contribution in [0.1, 0.15) is 33.6 Å². The first-order valence-corrected chi connectivity index (χ1v) is 8.16. The molecule has 1 amide bonds. The van der Waals surface area contributed by atoms with Crippen LogP contribution in [0.25, 0.3) is 0 Å². The van der Waals surface area contributed by atoms with Gasteiger partial charge in [-0.3, -0.25) is 4.98 Å². The third-order valence-corrected chi connectivity index (χ3v) is 3.72. The van der Waals surface area contributed by atoms with E-state index < -0.39 is 5.60 Å². The lowest BCUT2D eigenvalue weighted by Gasteiger charge is -2.28. The smallest absolute Gasteiger partial charge is 0.410 e. The van der Waals surface area contributed by atoms with E-state index in [0.717, 1.165) is 28.7 Å². The third-order valence-electron chi connectivity index (χ3n) is 3.13. The van der Waals surface area contributed by atoms with Crippen LogP contribution in [0.4, 0.5) is 4.79 Å². The molecule has 1 aromatic rings. The molecule has 0 saturated carbocycles. The maximum absolute atomic E-state index is 12.2. The number of carbonyl (C=O) groups is 1. The predicted molar refractivity (Wildman–Crippen MR) is 88.4 cm³/mol. The molecule has 0 unspecified atom stereocenters. The van der Waals surface area contributed by atoms with Gasteiger partial charge in [-0.15, -0.1) is 0 Å². The summed E-state index contributed by atoms with van der Waals surface area (Å²) < 4.78 is 12.2. The standard InChI is InChI=1S/C15H21IN2O3/c1-15(2,3)21-14(19)18-6-4-5-12(18)10-20-13-7-11(16)8-17-9-13/h7-9,12H,4-6,10H2,1-3H3/t12-/m1/s1. The van der Waals surface area contributed by atoms with E-state index in [9.17, 15) is 4.79 Å².